The zero-order valence-corrected chi connectivity index (χ0v) is 19.6. The van der Waals surface area contributed by atoms with Gasteiger partial charge in [-0.2, -0.15) is 0 Å². The molecule has 0 N–H and O–H groups in total. The van der Waals surface area contributed by atoms with Crippen molar-refractivity contribution in [2.45, 2.75) is 31.8 Å². The van der Waals surface area contributed by atoms with Crippen LogP contribution in [0.15, 0.2) is 71.3 Å². The van der Waals surface area contributed by atoms with Crippen LogP contribution < -0.4 is 4.74 Å². The Morgan fingerprint density at radius 2 is 1.80 bits per heavy atom. The number of aromatic nitrogens is 1. The molecule has 1 aliphatic rings. The van der Waals surface area contributed by atoms with Crippen LogP contribution in [0.4, 0.5) is 9.18 Å². The van der Waals surface area contributed by atoms with Gasteiger partial charge in [0.25, 0.3) is 5.88 Å². The third-order valence-corrected chi connectivity index (χ3v) is 6.61. The van der Waals surface area contributed by atoms with Crippen molar-refractivity contribution in [1.82, 2.24) is 10.1 Å². The summed E-state index contributed by atoms with van der Waals surface area (Å²) in [5.74, 6) is 0.887. The maximum Gasteiger partial charge on any atom is 0.409 e. The molecule has 0 spiro atoms. The van der Waals surface area contributed by atoms with Crippen molar-refractivity contribution in [3.8, 4) is 5.88 Å². The Morgan fingerprint density at radius 3 is 2.57 bits per heavy atom. The van der Waals surface area contributed by atoms with E-state index in [1.165, 1.54) is 7.11 Å². The van der Waals surface area contributed by atoms with Gasteiger partial charge in [0.15, 0.2) is 0 Å². The Hall–Kier alpha value is -3.87. The number of hydrogen-bond acceptors (Lipinski definition) is 5. The average Bonchev–Trinajstić information content (AvgIpc) is 3.31. The summed E-state index contributed by atoms with van der Waals surface area (Å²) in [4.78, 5) is 13.6. The number of nitrogens with zero attached hydrogens (tertiary/aromatic N) is 2. The normalized spacial score (nSPS) is 14.3. The number of ether oxygens (including phenoxy) is 2. The molecule has 0 radical (unpaired) electrons. The molecule has 7 heteroatoms. The molecule has 3 aromatic carbocycles. The summed E-state index contributed by atoms with van der Waals surface area (Å²) < 4.78 is 32.2. The standard InChI is InChI=1S/C28H27FN2O4/c1-33-28(32)31-15-13-21(14-16-31)26-24(27(30-35-26)34-18-19-7-3-2-4-8-19)17-22-12-11-20-9-5-6-10-23(20)25(22)29/h2-12,21H,13-18H2,1H3. The Labute approximate surface area is 203 Å². The highest BCUT2D eigenvalue weighted by atomic mass is 19.1. The first kappa shape index (κ1) is 22.9. The lowest BCUT2D eigenvalue weighted by Crippen LogP contribution is -2.37. The number of likely N-dealkylation sites (tertiary alicyclic amines) is 1. The molecule has 6 nitrogen and oxygen atoms in total. The minimum Gasteiger partial charge on any atom is -0.470 e. The minimum absolute atomic E-state index is 0.0519. The third kappa shape index (κ3) is 4.85. The number of benzene rings is 3. The van der Waals surface area contributed by atoms with Crippen LogP contribution in [-0.2, 0) is 17.8 Å². The van der Waals surface area contributed by atoms with E-state index in [9.17, 15) is 4.79 Å². The van der Waals surface area contributed by atoms with Gasteiger partial charge in [-0.15, -0.1) is 0 Å². The van der Waals surface area contributed by atoms with Crippen molar-refractivity contribution >= 4 is 16.9 Å². The fraction of sp³-hybridized carbons (Fsp3) is 0.286. The van der Waals surface area contributed by atoms with E-state index in [0.717, 1.165) is 16.5 Å². The predicted molar refractivity (Wildman–Crippen MR) is 130 cm³/mol. The van der Waals surface area contributed by atoms with Gasteiger partial charge in [0, 0.05) is 30.8 Å². The van der Waals surface area contributed by atoms with E-state index in [4.69, 9.17) is 14.0 Å². The zero-order chi connectivity index (χ0) is 24.2. The molecular formula is C28H27FN2O4. The van der Waals surface area contributed by atoms with Gasteiger partial charge < -0.3 is 18.9 Å². The second-order valence-electron chi connectivity index (χ2n) is 8.77. The van der Waals surface area contributed by atoms with Crippen LogP contribution >= 0.6 is 0 Å². The molecule has 0 bridgehead atoms. The van der Waals surface area contributed by atoms with Crippen LogP contribution in [0.5, 0.6) is 5.88 Å². The first-order valence-corrected chi connectivity index (χ1v) is 11.8. The van der Waals surface area contributed by atoms with Gasteiger partial charge in [-0.05, 0) is 34.5 Å². The molecule has 0 aliphatic carbocycles. The summed E-state index contributed by atoms with van der Waals surface area (Å²) in [6.45, 7) is 1.45. The van der Waals surface area contributed by atoms with Gasteiger partial charge in [0.1, 0.15) is 18.2 Å². The second kappa shape index (κ2) is 10.2. The van der Waals surface area contributed by atoms with Gasteiger partial charge >= 0.3 is 6.09 Å². The number of methoxy groups -OCH3 is 1. The van der Waals surface area contributed by atoms with Gasteiger partial charge in [-0.1, -0.05) is 66.7 Å². The van der Waals surface area contributed by atoms with Gasteiger partial charge in [-0.25, -0.2) is 9.18 Å². The van der Waals surface area contributed by atoms with Gasteiger partial charge in [0.05, 0.1) is 12.7 Å². The van der Waals surface area contributed by atoms with Crippen LogP contribution in [0.1, 0.15) is 41.2 Å². The molecule has 0 saturated carbocycles. The van der Waals surface area contributed by atoms with Crippen LogP contribution in [0.25, 0.3) is 10.8 Å². The highest BCUT2D eigenvalue weighted by Crippen LogP contribution is 2.37. The largest absolute Gasteiger partial charge is 0.470 e. The summed E-state index contributed by atoms with van der Waals surface area (Å²) in [6.07, 6.45) is 1.38. The Bertz CT molecular complexity index is 1310. The molecular weight excluding hydrogens is 447 g/mol. The third-order valence-electron chi connectivity index (χ3n) is 6.61. The van der Waals surface area contributed by atoms with Crippen molar-refractivity contribution in [3.63, 3.8) is 0 Å². The molecule has 0 atom stereocenters. The number of hydrogen-bond donors (Lipinski definition) is 0. The Morgan fingerprint density at radius 1 is 1.06 bits per heavy atom. The Balaban J connectivity index is 1.44. The molecule has 180 valence electrons. The summed E-state index contributed by atoms with van der Waals surface area (Å²) in [5, 5.41) is 5.68. The average molecular weight is 475 g/mol. The number of halogens is 1. The lowest BCUT2D eigenvalue weighted by molar-refractivity contribution is 0.110. The molecule has 0 unspecified atom stereocenters. The SMILES string of the molecule is COC(=O)N1CCC(c2onc(OCc3ccccc3)c2Cc2ccc3ccccc3c2F)CC1. The molecule has 4 aromatic rings. The molecule has 1 amide bonds. The van der Waals surface area contributed by atoms with Gasteiger partial charge in [0.2, 0.25) is 0 Å². The van der Waals surface area contributed by atoms with Crippen LogP contribution in [-0.4, -0.2) is 36.3 Å². The van der Waals surface area contributed by atoms with Crippen molar-refractivity contribution < 1.29 is 23.2 Å². The minimum atomic E-state index is -0.327. The summed E-state index contributed by atoms with van der Waals surface area (Å²) >= 11 is 0. The first-order valence-electron chi connectivity index (χ1n) is 11.8. The molecule has 1 saturated heterocycles. The first-order chi connectivity index (χ1) is 17.1. The monoisotopic (exact) mass is 474 g/mol. The maximum absolute atomic E-state index is 15.4. The van der Waals surface area contributed by atoms with E-state index in [1.807, 2.05) is 60.7 Å². The van der Waals surface area contributed by atoms with E-state index in [0.29, 0.717) is 61.5 Å². The number of rotatable bonds is 6. The van der Waals surface area contributed by atoms with E-state index in [2.05, 4.69) is 5.16 Å². The van der Waals surface area contributed by atoms with Gasteiger partial charge in [-0.3, -0.25) is 0 Å². The number of piperidine rings is 1. The fourth-order valence-corrected chi connectivity index (χ4v) is 4.69. The van der Waals surface area contributed by atoms with Crippen LogP contribution in [0, 0.1) is 5.82 Å². The predicted octanol–water partition coefficient (Wildman–Crippen LogP) is 6.08. The number of amides is 1. The molecule has 1 aliphatic heterocycles. The van der Waals surface area contributed by atoms with Crippen LogP contribution in [0.2, 0.25) is 0 Å². The second-order valence-corrected chi connectivity index (χ2v) is 8.77. The van der Waals surface area contributed by atoms with E-state index in [1.54, 1.807) is 11.0 Å². The van der Waals surface area contributed by atoms with Crippen LogP contribution in [0.3, 0.4) is 0 Å². The van der Waals surface area contributed by atoms with E-state index in [-0.39, 0.29) is 17.8 Å². The number of carbonyl (C=O) groups excluding carboxylic acids is 1. The molecule has 1 fully saturated rings. The molecule has 35 heavy (non-hydrogen) atoms. The zero-order valence-electron chi connectivity index (χ0n) is 19.6. The summed E-state index contributed by atoms with van der Waals surface area (Å²) in [6, 6.07) is 21.0. The van der Waals surface area contributed by atoms with Crippen molar-refractivity contribution in [2.75, 3.05) is 20.2 Å². The smallest absolute Gasteiger partial charge is 0.409 e. The number of fused-ring (bicyclic) bond motifs is 1. The number of carbonyl (C=O) groups is 1. The molecule has 2 heterocycles. The maximum atomic E-state index is 15.4. The van der Waals surface area contributed by atoms with Crippen molar-refractivity contribution in [3.05, 3.63) is 95.0 Å². The fourth-order valence-electron chi connectivity index (χ4n) is 4.69. The Kier molecular flexibility index (Phi) is 6.66. The van der Waals surface area contributed by atoms with E-state index >= 15 is 4.39 Å². The quantitative estimate of drug-likeness (QED) is 0.339. The topological polar surface area (TPSA) is 64.8 Å². The lowest BCUT2D eigenvalue weighted by Gasteiger charge is -2.30. The summed E-state index contributed by atoms with van der Waals surface area (Å²) in [7, 11) is 1.39. The van der Waals surface area contributed by atoms with Crippen molar-refractivity contribution in [2.24, 2.45) is 0 Å². The summed E-state index contributed by atoms with van der Waals surface area (Å²) in [5.41, 5.74) is 2.32. The molecule has 5 rings (SSSR count). The highest BCUT2D eigenvalue weighted by molar-refractivity contribution is 5.83. The highest BCUT2D eigenvalue weighted by Gasteiger charge is 2.31. The lowest BCUT2D eigenvalue weighted by atomic mass is 9.90. The van der Waals surface area contributed by atoms with E-state index < -0.39 is 0 Å². The molecule has 1 aromatic heterocycles. The van der Waals surface area contributed by atoms with Crippen molar-refractivity contribution in [1.29, 1.82) is 0 Å².